The smallest absolute Gasteiger partial charge is 0.316 e. The molecule has 0 aliphatic carbocycles. The van der Waals surface area contributed by atoms with Crippen LogP contribution in [0, 0.1) is 0 Å². The number of pyridine rings is 1. The fourth-order valence-electron chi connectivity index (χ4n) is 4.86. The number of amides is 2. The predicted octanol–water partition coefficient (Wildman–Crippen LogP) is 4.14. The Kier molecular flexibility index (Phi) is 9.26. The van der Waals surface area contributed by atoms with Gasteiger partial charge in [0.2, 0.25) is 11.8 Å². The Morgan fingerprint density at radius 2 is 1.91 bits per heavy atom. The van der Waals surface area contributed by atoms with Crippen molar-refractivity contribution in [2.75, 3.05) is 37.5 Å². The summed E-state index contributed by atoms with van der Waals surface area (Å²) < 4.78 is 27.0. The van der Waals surface area contributed by atoms with E-state index in [1.807, 2.05) is 0 Å². The summed E-state index contributed by atoms with van der Waals surface area (Å²) in [5.74, 6) is -0.853. The number of carbonyl (C=O) groups excluding carboxylic acids is 3. The molecule has 43 heavy (non-hydrogen) atoms. The lowest BCUT2D eigenvalue weighted by atomic mass is 10.1. The molecule has 2 amide bonds. The minimum atomic E-state index is -1.34. The Morgan fingerprint density at radius 1 is 1.12 bits per heavy atom. The first-order chi connectivity index (χ1) is 20.7. The molecular weight excluding hydrogens is 625 g/mol. The number of methoxy groups -OCH3 is 1. The van der Waals surface area contributed by atoms with E-state index in [1.165, 1.54) is 11.8 Å². The van der Waals surface area contributed by atoms with Crippen molar-refractivity contribution in [3.05, 3.63) is 65.2 Å². The summed E-state index contributed by atoms with van der Waals surface area (Å²) in [6.45, 7) is 1.81. The number of likely N-dealkylation sites (tertiary alicyclic amines) is 1. The van der Waals surface area contributed by atoms with Gasteiger partial charge in [0.15, 0.2) is 5.78 Å². The number of aromatic nitrogens is 4. The van der Waals surface area contributed by atoms with Crippen LogP contribution in [0.2, 0.25) is 0 Å². The molecule has 0 radical (unpaired) electrons. The van der Waals surface area contributed by atoms with Crippen molar-refractivity contribution >= 4 is 61.6 Å². The number of carbonyl (C=O) groups is 3. The fourth-order valence-corrected chi connectivity index (χ4v) is 5.20. The maximum Gasteiger partial charge on any atom is 0.316 e. The fraction of sp³-hybridized carbons (Fsp3) is 0.310. The normalized spacial score (nSPS) is 16.3. The van der Waals surface area contributed by atoms with Crippen molar-refractivity contribution in [1.82, 2.24) is 24.4 Å². The quantitative estimate of drug-likeness (QED) is 0.139. The summed E-state index contributed by atoms with van der Waals surface area (Å²) in [6, 6.07) is 9.63. The molecule has 1 aliphatic rings. The van der Waals surface area contributed by atoms with E-state index >= 15 is 0 Å². The van der Waals surface area contributed by atoms with Crippen LogP contribution in [0.25, 0.3) is 10.9 Å². The Morgan fingerprint density at radius 3 is 2.63 bits per heavy atom. The Labute approximate surface area is 254 Å². The minimum Gasteiger partial charge on any atom is -0.461 e. The van der Waals surface area contributed by atoms with Crippen molar-refractivity contribution in [3.8, 4) is 6.01 Å². The Hall–Kier alpha value is -4.43. The van der Waals surface area contributed by atoms with Crippen LogP contribution >= 0.6 is 15.9 Å². The third-order valence-electron chi connectivity index (χ3n) is 6.84. The molecule has 4 heterocycles. The van der Waals surface area contributed by atoms with Crippen LogP contribution in [0.3, 0.4) is 0 Å². The second-order valence-electron chi connectivity index (χ2n) is 9.91. The number of ether oxygens (including phenoxy) is 2. The number of benzene rings is 1. The van der Waals surface area contributed by atoms with E-state index in [0.29, 0.717) is 51.5 Å². The predicted molar refractivity (Wildman–Crippen MR) is 160 cm³/mol. The standard InChI is InChI=1S/C29H29BrFN7O5/c1-17(39)22-15-37(16-27(40)38-14-18(31)10-24(38)28(41)36-26-5-3-4-25(30)35-26)23-7-6-19(11-21(22)23)34-20-12-32-29(33-13-20)43-9-8-42-2/h3-7,11-13,15,18,24,34H,8-10,14,16H2,1-2H3,(H,35,36,41)/t18-,24+/m1/s1. The topological polar surface area (TPSA) is 141 Å². The van der Waals surface area contributed by atoms with Crippen LogP contribution < -0.4 is 15.4 Å². The summed E-state index contributed by atoms with van der Waals surface area (Å²) in [5, 5.41) is 6.50. The molecule has 0 bridgehead atoms. The van der Waals surface area contributed by atoms with E-state index in [4.69, 9.17) is 9.47 Å². The number of fused-ring (bicyclic) bond motifs is 1. The molecule has 12 nitrogen and oxygen atoms in total. The van der Waals surface area contributed by atoms with E-state index in [1.54, 1.807) is 66.7 Å². The average Bonchev–Trinajstić information content (AvgIpc) is 3.55. The molecule has 0 saturated carbocycles. The van der Waals surface area contributed by atoms with E-state index in [2.05, 4.69) is 41.5 Å². The SMILES string of the molecule is COCCOc1ncc(Nc2ccc3c(c2)c(C(C)=O)cn3CC(=O)N2C[C@H](F)C[C@H]2C(=O)Nc2cccc(Br)n2)cn1. The van der Waals surface area contributed by atoms with Crippen molar-refractivity contribution < 1.29 is 28.2 Å². The molecule has 5 rings (SSSR count). The number of nitrogens with one attached hydrogen (secondary N) is 2. The third-order valence-corrected chi connectivity index (χ3v) is 7.28. The van der Waals surface area contributed by atoms with E-state index < -0.39 is 24.0 Å². The van der Waals surface area contributed by atoms with Crippen molar-refractivity contribution in [2.24, 2.45) is 0 Å². The Balaban J connectivity index is 1.32. The lowest BCUT2D eigenvalue weighted by Crippen LogP contribution is -2.44. The first-order valence-corrected chi connectivity index (χ1v) is 14.2. The number of nitrogens with zero attached hydrogens (tertiary/aromatic N) is 5. The maximum atomic E-state index is 14.5. The summed E-state index contributed by atoms with van der Waals surface area (Å²) in [5.41, 5.74) is 2.34. The van der Waals surface area contributed by atoms with Crippen molar-refractivity contribution in [3.63, 3.8) is 0 Å². The largest absolute Gasteiger partial charge is 0.461 e. The molecule has 0 unspecified atom stereocenters. The van der Waals surface area contributed by atoms with Crippen molar-refractivity contribution in [2.45, 2.75) is 32.1 Å². The number of alkyl halides is 1. The minimum absolute atomic E-state index is 0.115. The zero-order valence-electron chi connectivity index (χ0n) is 23.4. The molecule has 0 spiro atoms. The number of ketones is 1. The molecule has 2 N–H and O–H groups in total. The van der Waals surface area contributed by atoms with Gasteiger partial charge in [-0.2, -0.15) is 0 Å². The van der Waals surface area contributed by atoms with E-state index in [-0.39, 0.29) is 31.3 Å². The molecule has 14 heteroatoms. The maximum absolute atomic E-state index is 14.5. The van der Waals surface area contributed by atoms with E-state index in [9.17, 15) is 18.8 Å². The van der Waals surface area contributed by atoms with Gasteiger partial charge in [-0.1, -0.05) is 6.07 Å². The number of Topliss-reactive ketones (excluding diaryl/α,β-unsaturated/α-hetero) is 1. The summed E-state index contributed by atoms with van der Waals surface area (Å²) >= 11 is 3.25. The first kappa shape index (κ1) is 30.0. The highest BCUT2D eigenvalue weighted by Gasteiger charge is 2.40. The van der Waals surface area contributed by atoms with Gasteiger partial charge in [0.1, 0.15) is 35.8 Å². The highest BCUT2D eigenvalue weighted by Crippen LogP contribution is 2.29. The summed E-state index contributed by atoms with van der Waals surface area (Å²) in [4.78, 5) is 52.7. The second-order valence-corrected chi connectivity index (χ2v) is 10.7. The van der Waals surface area contributed by atoms with Gasteiger partial charge in [-0.15, -0.1) is 0 Å². The Bertz CT molecular complexity index is 1650. The van der Waals surface area contributed by atoms with Crippen LogP contribution in [0.5, 0.6) is 6.01 Å². The van der Waals surface area contributed by atoms with E-state index in [0.717, 1.165) is 0 Å². The highest BCUT2D eigenvalue weighted by atomic mass is 79.9. The molecule has 2 atom stereocenters. The second kappa shape index (κ2) is 13.3. The number of anilines is 3. The summed E-state index contributed by atoms with van der Waals surface area (Å²) in [6.07, 6.45) is 3.29. The summed E-state index contributed by atoms with van der Waals surface area (Å²) in [7, 11) is 1.58. The molecular formula is C29H29BrFN7O5. The van der Waals surface area contributed by atoms with Gasteiger partial charge in [0.25, 0.3) is 0 Å². The lowest BCUT2D eigenvalue weighted by Gasteiger charge is -2.24. The van der Waals surface area contributed by atoms with Gasteiger partial charge in [0, 0.05) is 41.9 Å². The molecule has 1 aliphatic heterocycles. The zero-order chi connectivity index (χ0) is 30.5. The molecule has 224 valence electrons. The molecule has 4 aromatic rings. The molecule has 1 saturated heterocycles. The van der Waals surface area contributed by atoms with Crippen LogP contribution in [-0.2, 0) is 20.9 Å². The van der Waals surface area contributed by atoms with Crippen LogP contribution in [0.4, 0.5) is 21.6 Å². The van der Waals surface area contributed by atoms with Gasteiger partial charge in [0.05, 0.1) is 31.2 Å². The van der Waals surface area contributed by atoms with Gasteiger partial charge in [-0.05, 0) is 53.2 Å². The van der Waals surface area contributed by atoms with Gasteiger partial charge in [-0.25, -0.2) is 19.3 Å². The number of rotatable bonds is 11. The van der Waals surface area contributed by atoms with Crippen LogP contribution in [0.15, 0.2) is 59.6 Å². The third kappa shape index (κ3) is 7.14. The first-order valence-electron chi connectivity index (χ1n) is 13.4. The van der Waals surface area contributed by atoms with Gasteiger partial charge in [-0.3, -0.25) is 14.4 Å². The lowest BCUT2D eigenvalue weighted by molar-refractivity contribution is -0.137. The number of hydrogen-bond donors (Lipinski definition) is 2. The average molecular weight is 654 g/mol. The molecule has 3 aromatic heterocycles. The highest BCUT2D eigenvalue weighted by molar-refractivity contribution is 9.10. The zero-order valence-corrected chi connectivity index (χ0v) is 25.0. The monoisotopic (exact) mass is 653 g/mol. The molecule has 1 aromatic carbocycles. The van der Waals surface area contributed by atoms with Crippen molar-refractivity contribution in [1.29, 1.82) is 0 Å². The molecule has 1 fully saturated rings. The van der Waals surface area contributed by atoms with Crippen LogP contribution in [0.1, 0.15) is 23.7 Å². The van der Waals surface area contributed by atoms with Gasteiger partial charge < -0.3 is 29.6 Å². The number of hydrogen-bond acceptors (Lipinski definition) is 9. The van der Waals surface area contributed by atoms with Gasteiger partial charge >= 0.3 is 6.01 Å². The number of halogens is 2. The van der Waals surface area contributed by atoms with Crippen LogP contribution in [-0.4, -0.2) is 81.1 Å².